The van der Waals surface area contributed by atoms with Gasteiger partial charge < -0.3 is 10.8 Å². The summed E-state index contributed by atoms with van der Waals surface area (Å²) in [5, 5.41) is 8.30. The Morgan fingerprint density at radius 3 is 2.33 bits per heavy atom. The Labute approximate surface area is 54.9 Å². The molecule has 0 bridgehead atoms. The quantitative estimate of drug-likeness (QED) is 0.589. The van der Waals surface area contributed by atoms with Gasteiger partial charge in [-0.1, -0.05) is 6.92 Å². The van der Waals surface area contributed by atoms with E-state index in [9.17, 15) is 4.79 Å². The van der Waals surface area contributed by atoms with Crippen LogP contribution in [0.5, 0.6) is 0 Å². The topological polar surface area (TPSA) is 63.3 Å². The lowest BCUT2D eigenvalue weighted by molar-refractivity contribution is -0.138. The predicted molar refractivity (Wildman–Crippen MR) is 35.1 cm³/mol. The van der Waals surface area contributed by atoms with Crippen LogP contribution in [0.25, 0.3) is 0 Å². The first-order valence-corrected chi connectivity index (χ1v) is 2.98. The fourth-order valence-electron chi connectivity index (χ4n) is 0.470. The van der Waals surface area contributed by atoms with Gasteiger partial charge in [-0.3, -0.25) is 4.79 Å². The maximum atomic E-state index is 10.1. The number of nitrogens with two attached hydrogens (primary N) is 1. The Balaban J connectivity index is 3.71. The van der Waals surface area contributed by atoms with Crippen molar-refractivity contribution in [3.8, 4) is 0 Å². The fraction of sp³-hybridized carbons (Fsp3) is 0.833. The third-order valence-corrected chi connectivity index (χ3v) is 1.36. The molecule has 0 rings (SSSR count). The molecule has 9 heavy (non-hydrogen) atoms. The van der Waals surface area contributed by atoms with Crippen molar-refractivity contribution in [1.29, 1.82) is 0 Å². The smallest absolute Gasteiger partial charge is 0.305 e. The van der Waals surface area contributed by atoms with Crippen LogP contribution in [-0.2, 0) is 4.79 Å². The maximum absolute atomic E-state index is 10.1. The van der Waals surface area contributed by atoms with Crippen molar-refractivity contribution in [2.45, 2.75) is 32.2 Å². The van der Waals surface area contributed by atoms with E-state index >= 15 is 0 Å². The highest BCUT2D eigenvalue weighted by Crippen LogP contribution is 2.08. The molecule has 0 saturated carbocycles. The van der Waals surface area contributed by atoms with E-state index in [0.29, 0.717) is 6.42 Å². The second-order valence-corrected chi connectivity index (χ2v) is 2.58. The fourth-order valence-corrected chi connectivity index (χ4v) is 0.470. The zero-order valence-corrected chi connectivity index (χ0v) is 5.85. The molecule has 0 saturated heterocycles. The molecule has 3 nitrogen and oxygen atoms in total. The van der Waals surface area contributed by atoms with E-state index in [1.165, 1.54) is 0 Å². The molecule has 0 amide bonds. The summed E-state index contributed by atoms with van der Waals surface area (Å²) >= 11 is 0. The number of rotatable bonds is 3. The summed E-state index contributed by atoms with van der Waals surface area (Å²) in [5.41, 5.74) is 5.00. The monoisotopic (exact) mass is 131 g/mol. The maximum Gasteiger partial charge on any atom is 0.305 e. The molecule has 0 heterocycles. The highest BCUT2D eigenvalue weighted by molar-refractivity contribution is 5.68. The average Bonchev–Trinajstić information content (AvgIpc) is 1.63. The number of carbonyl (C=O) groups is 1. The Hall–Kier alpha value is -0.570. The van der Waals surface area contributed by atoms with Gasteiger partial charge in [-0.25, -0.2) is 0 Å². The normalized spacial score (nSPS) is 16.8. The zero-order chi connectivity index (χ0) is 7.49. The summed E-state index contributed by atoms with van der Waals surface area (Å²) in [6.45, 7) is 3.62. The van der Waals surface area contributed by atoms with E-state index in [0.717, 1.165) is 0 Å². The molecular weight excluding hydrogens is 118 g/mol. The molecule has 0 aromatic rings. The molecule has 0 aromatic heterocycles. The van der Waals surface area contributed by atoms with E-state index in [1.54, 1.807) is 6.92 Å². The number of carboxylic acid groups (broad SMARTS) is 1. The molecule has 0 aromatic carbocycles. The molecule has 1 atom stereocenters. The highest BCUT2D eigenvalue weighted by atomic mass is 16.4. The zero-order valence-electron chi connectivity index (χ0n) is 5.85. The van der Waals surface area contributed by atoms with Crippen molar-refractivity contribution in [3.05, 3.63) is 0 Å². The van der Waals surface area contributed by atoms with Crippen LogP contribution in [0.1, 0.15) is 26.7 Å². The van der Waals surface area contributed by atoms with E-state index in [4.69, 9.17) is 10.8 Å². The Morgan fingerprint density at radius 1 is 1.78 bits per heavy atom. The van der Waals surface area contributed by atoms with Gasteiger partial charge in [-0.15, -0.1) is 0 Å². The van der Waals surface area contributed by atoms with Crippen molar-refractivity contribution < 1.29 is 9.90 Å². The van der Waals surface area contributed by atoms with Crippen LogP contribution in [0.2, 0.25) is 0 Å². The third kappa shape index (κ3) is 3.97. The van der Waals surface area contributed by atoms with Crippen LogP contribution in [-0.4, -0.2) is 16.6 Å². The first kappa shape index (κ1) is 8.43. The minimum absolute atomic E-state index is 0.0451. The number of carboxylic acids is 1. The minimum atomic E-state index is -0.832. The summed E-state index contributed by atoms with van der Waals surface area (Å²) in [6, 6.07) is 0. The lowest BCUT2D eigenvalue weighted by Crippen LogP contribution is -2.37. The predicted octanol–water partition coefficient (Wildman–Crippen LogP) is 0.589. The summed E-state index contributed by atoms with van der Waals surface area (Å²) in [7, 11) is 0. The van der Waals surface area contributed by atoms with Crippen LogP contribution < -0.4 is 5.73 Å². The second kappa shape index (κ2) is 2.82. The summed E-state index contributed by atoms with van der Waals surface area (Å²) in [4.78, 5) is 10.1. The van der Waals surface area contributed by atoms with Gasteiger partial charge in [-0.05, 0) is 13.3 Å². The van der Waals surface area contributed by atoms with Crippen LogP contribution >= 0.6 is 0 Å². The van der Waals surface area contributed by atoms with Crippen molar-refractivity contribution in [2.24, 2.45) is 5.73 Å². The van der Waals surface area contributed by atoms with Gasteiger partial charge in [0.2, 0.25) is 0 Å². The van der Waals surface area contributed by atoms with Crippen LogP contribution in [0.3, 0.4) is 0 Å². The number of hydrogen-bond donors (Lipinski definition) is 2. The molecule has 54 valence electrons. The van der Waals surface area contributed by atoms with Crippen molar-refractivity contribution in [3.63, 3.8) is 0 Å². The van der Waals surface area contributed by atoms with Crippen molar-refractivity contribution >= 4 is 5.97 Å². The van der Waals surface area contributed by atoms with Crippen molar-refractivity contribution in [2.75, 3.05) is 0 Å². The third-order valence-electron chi connectivity index (χ3n) is 1.36. The first-order chi connectivity index (χ1) is 3.98. The van der Waals surface area contributed by atoms with Crippen molar-refractivity contribution in [1.82, 2.24) is 0 Å². The molecular formula is C6H13NO2. The first-order valence-electron chi connectivity index (χ1n) is 2.98. The Bertz CT molecular complexity index is 110. The largest absolute Gasteiger partial charge is 0.481 e. The van der Waals surface area contributed by atoms with E-state index < -0.39 is 11.5 Å². The molecule has 0 aliphatic rings. The molecule has 0 fully saturated rings. The average molecular weight is 131 g/mol. The highest BCUT2D eigenvalue weighted by Gasteiger charge is 2.18. The number of hydrogen-bond acceptors (Lipinski definition) is 2. The van der Waals surface area contributed by atoms with Gasteiger partial charge in [0, 0.05) is 5.54 Å². The molecule has 0 radical (unpaired) electrons. The van der Waals surface area contributed by atoms with Gasteiger partial charge in [0.25, 0.3) is 0 Å². The summed E-state index contributed by atoms with van der Waals surface area (Å²) in [6.07, 6.45) is 0.739. The van der Waals surface area contributed by atoms with E-state index in [2.05, 4.69) is 0 Å². The molecule has 1 unspecified atom stereocenters. The second-order valence-electron chi connectivity index (χ2n) is 2.58. The number of aliphatic carboxylic acids is 1. The minimum Gasteiger partial charge on any atom is -0.481 e. The van der Waals surface area contributed by atoms with Gasteiger partial charge in [0.1, 0.15) is 0 Å². The van der Waals surface area contributed by atoms with Gasteiger partial charge in [-0.2, -0.15) is 0 Å². The lowest BCUT2D eigenvalue weighted by atomic mass is 9.96. The summed E-state index contributed by atoms with van der Waals surface area (Å²) in [5.74, 6) is -0.832. The molecule has 0 spiro atoms. The van der Waals surface area contributed by atoms with Crippen LogP contribution in [0.15, 0.2) is 0 Å². The van der Waals surface area contributed by atoms with Gasteiger partial charge >= 0.3 is 5.97 Å². The standard InChI is InChI=1S/C6H13NO2/c1-3-6(2,7)4-5(8)9/h3-4,7H2,1-2H3,(H,8,9). The lowest BCUT2D eigenvalue weighted by Gasteiger charge is -2.19. The van der Waals surface area contributed by atoms with Crippen LogP contribution in [0.4, 0.5) is 0 Å². The van der Waals surface area contributed by atoms with Crippen LogP contribution in [0, 0.1) is 0 Å². The Morgan fingerprint density at radius 2 is 2.22 bits per heavy atom. The van der Waals surface area contributed by atoms with E-state index in [-0.39, 0.29) is 6.42 Å². The van der Waals surface area contributed by atoms with Gasteiger partial charge in [0.15, 0.2) is 0 Å². The molecule has 3 heteroatoms. The molecule has 0 aliphatic carbocycles. The SMILES string of the molecule is CCC(C)(N)CC(=O)O. The summed E-state index contributed by atoms with van der Waals surface area (Å²) < 4.78 is 0. The van der Waals surface area contributed by atoms with Gasteiger partial charge in [0.05, 0.1) is 6.42 Å². The Kier molecular flexibility index (Phi) is 2.65. The molecule has 3 N–H and O–H groups in total. The van der Waals surface area contributed by atoms with E-state index in [1.807, 2.05) is 6.92 Å². The molecule has 0 aliphatic heterocycles.